The zero-order valence-corrected chi connectivity index (χ0v) is 18.8. The van der Waals surface area contributed by atoms with Crippen LogP contribution in [0.4, 0.5) is 11.4 Å². The highest BCUT2D eigenvalue weighted by Crippen LogP contribution is 2.26. The number of nitrogens with one attached hydrogen (secondary N) is 1. The lowest BCUT2D eigenvalue weighted by Crippen LogP contribution is -2.24. The molecule has 0 spiro atoms. The molecule has 0 saturated carbocycles. The summed E-state index contributed by atoms with van der Waals surface area (Å²) in [5.41, 5.74) is 3.93. The van der Waals surface area contributed by atoms with Crippen LogP contribution in [0.15, 0.2) is 86.5 Å². The number of para-hydroxylation sites is 2. The average molecular weight is 497 g/mol. The van der Waals surface area contributed by atoms with Crippen molar-refractivity contribution in [3.8, 4) is 17.2 Å². The monoisotopic (exact) mass is 496 g/mol. The van der Waals surface area contributed by atoms with Crippen molar-refractivity contribution in [3.63, 3.8) is 0 Å². The SMILES string of the molecule is CCOc1ccccc1OCC(=O)N/N=C/c1cc(N=Nc2cccc(Br)c2)ccc1O. The van der Waals surface area contributed by atoms with Crippen LogP contribution in [0.2, 0.25) is 0 Å². The molecule has 3 rings (SSSR count). The summed E-state index contributed by atoms with van der Waals surface area (Å²) < 4.78 is 11.8. The van der Waals surface area contributed by atoms with Gasteiger partial charge >= 0.3 is 0 Å². The van der Waals surface area contributed by atoms with Gasteiger partial charge in [-0.25, -0.2) is 5.43 Å². The Morgan fingerprint density at radius 2 is 1.72 bits per heavy atom. The molecule has 0 aliphatic heterocycles. The molecule has 8 nitrogen and oxygen atoms in total. The molecule has 0 aliphatic rings. The van der Waals surface area contributed by atoms with Crippen LogP contribution in [-0.2, 0) is 4.79 Å². The number of phenolic OH excluding ortho intramolecular Hbond substituents is 1. The van der Waals surface area contributed by atoms with Crippen molar-refractivity contribution in [3.05, 3.63) is 76.8 Å². The molecule has 0 aromatic heterocycles. The van der Waals surface area contributed by atoms with Crippen LogP contribution in [0, 0.1) is 0 Å². The van der Waals surface area contributed by atoms with Crippen molar-refractivity contribution in [2.24, 2.45) is 15.3 Å². The molecule has 2 N–H and O–H groups in total. The number of aromatic hydroxyl groups is 1. The number of nitrogens with zero attached hydrogens (tertiary/aromatic N) is 3. The van der Waals surface area contributed by atoms with E-state index in [1.54, 1.807) is 30.3 Å². The van der Waals surface area contributed by atoms with Crippen molar-refractivity contribution < 1.29 is 19.4 Å². The quantitative estimate of drug-likeness (QED) is 0.232. The van der Waals surface area contributed by atoms with Crippen LogP contribution < -0.4 is 14.9 Å². The maximum atomic E-state index is 12.0. The maximum absolute atomic E-state index is 12.0. The van der Waals surface area contributed by atoms with E-state index in [0.29, 0.717) is 35.0 Å². The molecule has 3 aromatic rings. The number of azo groups is 1. The predicted molar refractivity (Wildman–Crippen MR) is 125 cm³/mol. The second-order valence-electron chi connectivity index (χ2n) is 6.38. The summed E-state index contributed by atoms with van der Waals surface area (Å²) in [5, 5.41) is 22.2. The number of phenols is 1. The summed E-state index contributed by atoms with van der Waals surface area (Å²) in [5.74, 6) is 0.559. The summed E-state index contributed by atoms with van der Waals surface area (Å²) in [4.78, 5) is 12.0. The van der Waals surface area contributed by atoms with Gasteiger partial charge in [-0.05, 0) is 55.5 Å². The van der Waals surface area contributed by atoms with Crippen LogP contribution in [0.1, 0.15) is 12.5 Å². The second kappa shape index (κ2) is 11.6. The predicted octanol–water partition coefficient (Wildman–Crippen LogP) is 5.50. The number of benzene rings is 3. The molecule has 32 heavy (non-hydrogen) atoms. The van der Waals surface area contributed by atoms with Crippen LogP contribution >= 0.6 is 15.9 Å². The third-order valence-corrected chi connectivity index (χ3v) is 4.49. The molecule has 0 saturated heterocycles. The van der Waals surface area contributed by atoms with Gasteiger partial charge in [0.15, 0.2) is 18.1 Å². The first-order chi connectivity index (χ1) is 15.5. The number of carbonyl (C=O) groups excluding carboxylic acids is 1. The van der Waals surface area contributed by atoms with Gasteiger partial charge in [0.25, 0.3) is 5.91 Å². The van der Waals surface area contributed by atoms with Gasteiger partial charge in [0.1, 0.15) is 5.75 Å². The Labute approximate surface area is 193 Å². The summed E-state index contributed by atoms with van der Waals surface area (Å²) in [6.07, 6.45) is 1.32. The lowest BCUT2D eigenvalue weighted by molar-refractivity contribution is -0.123. The Kier molecular flexibility index (Phi) is 8.33. The minimum atomic E-state index is -0.461. The van der Waals surface area contributed by atoms with E-state index >= 15 is 0 Å². The summed E-state index contributed by atoms with van der Waals surface area (Å²) in [7, 11) is 0. The Bertz CT molecular complexity index is 1130. The van der Waals surface area contributed by atoms with E-state index in [4.69, 9.17) is 9.47 Å². The molecular formula is C23H21BrN4O4. The first-order valence-corrected chi connectivity index (χ1v) is 10.5. The van der Waals surface area contributed by atoms with Crippen molar-refractivity contribution in [1.29, 1.82) is 0 Å². The fraction of sp³-hybridized carbons (Fsp3) is 0.130. The van der Waals surface area contributed by atoms with Gasteiger partial charge in [0, 0.05) is 10.0 Å². The standard InChI is InChI=1S/C23H21BrN4O4/c1-2-31-21-8-3-4-9-22(21)32-15-23(30)28-25-14-16-12-19(10-11-20(16)29)27-26-18-7-5-6-17(24)13-18/h3-14,29H,2,15H2,1H3,(H,28,30)/b25-14+,27-26?. The van der Waals surface area contributed by atoms with Crippen LogP contribution in [0.3, 0.4) is 0 Å². The lowest BCUT2D eigenvalue weighted by Gasteiger charge is -2.10. The van der Waals surface area contributed by atoms with Gasteiger partial charge < -0.3 is 14.6 Å². The minimum absolute atomic E-state index is 0.00806. The summed E-state index contributed by atoms with van der Waals surface area (Å²) in [6, 6.07) is 19.2. The van der Waals surface area contributed by atoms with E-state index in [1.807, 2.05) is 37.3 Å². The maximum Gasteiger partial charge on any atom is 0.277 e. The Balaban J connectivity index is 1.58. The minimum Gasteiger partial charge on any atom is -0.507 e. The molecule has 0 bridgehead atoms. The van der Waals surface area contributed by atoms with E-state index in [-0.39, 0.29) is 12.4 Å². The molecular weight excluding hydrogens is 476 g/mol. The van der Waals surface area contributed by atoms with E-state index in [0.717, 1.165) is 4.47 Å². The van der Waals surface area contributed by atoms with Crippen LogP contribution in [0.25, 0.3) is 0 Å². The van der Waals surface area contributed by atoms with E-state index < -0.39 is 5.91 Å². The molecule has 9 heteroatoms. The van der Waals surface area contributed by atoms with E-state index in [2.05, 4.69) is 36.7 Å². The number of halogens is 1. The number of ether oxygens (including phenoxy) is 2. The molecule has 0 radical (unpaired) electrons. The van der Waals surface area contributed by atoms with Gasteiger partial charge in [0.05, 0.1) is 24.2 Å². The normalized spacial score (nSPS) is 11.1. The Morgan fingerprint density at radius 1 is 1.00 bits per heavy atom. The highest BCUT2D eigenvalue weighted by molar-refractivity contribution is 9.10. The number of hydrogen-bond donors (Lipinski definition) is 2. The van der Waals surface area contributed by atoms with Gasteiger partial charge in [-0.2, -0.15) is 15.3 Å². The third-order valence-electron chi connectivity index (χ3n) is 4.00. The molecule has 164 valence electrons. The number of hydrazone groups is 1. The number of rotatable bonds is 9. The molecule has 0 aliphatic carbocycles. The smallest absolute Gasteiger partial charge is 0.277 e. The van der Waals surface area contributed by atoms with Gasteiger partial charge in [0.2, 0.25) is 0 Å². The fourth-order valence-electron chi connectivity index (χ4n) is 2.55. The first-order valence-electron chi connectivity index (χ1n) is 9.72. The molecule has 1 amide bonds. The second-order valence-corrected chi connectivity index (χ2v) is 7.30. The van der Waals surface area contributed by atoms with Gasteiger partial charge in [-0.1, -0.05) is 34.1 Å². The topological polar surface area (TPSA) is 105 Å². The van der Waals surface area contributed by atoms with Crippen LogP contribution in [-0.4, -0.2) is 30.4 Å². The van der Waals surface area contributed by atoms with E-state index in [9.17, 15) is 9.90 Å². The molecule has 3 aromatic carbocycles. The van der Waals surface area contributed by atoms with Crippen molar-refractivity contribution >= 4 is 39.4 Å². The van der Waals surface area contributed by atoms with Crippen molar-refractivity contribution in [2.75, 3.05) is 13.2 Å². The number of hydrogen-bond acceptors (Lipinski definition) is 7. The zero-order valence-electron chi connectivity index (χ0n) is 17.2. The zero-order chi connectivity index (χ0) is 22.8. The molecule has 0 unspecified atom stereocenters. The highest BCUT2D eigenvalue weighted by Gasteiger charge is 2.07. The van der Waals surface area contributed by atoms with Gasteiger partial charge in [-0.15, -0.1) is 0 Å². The van der Waals surface area contributed by atoms with E-state index in [1.165, 1.54) is 12.3 Å². The fourth-order valence-corrected chi connectivity index (χ4v) is 2.94. The summed E-state index contributed by atoms with van der Waals surface area (Å²) >= 11 is 3.38. The van der Waals surface area contributed by atoms with Crippen molar-refractivity contribution in [1.82, 2.24) is 5.43 Å². The third kappa shape index (κ3) is 6.92. The van der Waals surface area contributed by atoms with Crippen molar-refractivity contribution in [2.45, 2.75) is 6.92 Å². The molecule has 0 heterocycles. The first kappa shape index (κ1) is 23.0. The molecule has 0 fully saturated rings. The highest BCUT2D eigenvalue weighted by atomic mass is 79.9. The lowest BCUT2D eigenvalue weighted by atomic mass is 10.2. The Morgan fingerprint density at radius 3 is 2.44 bits per heavy atom. The summed E-state index contributed by atoms with van der Waals surface area (Å²) in [6.45, 7) is 2.11. The largest absolute Gasteiger partial charge is 0.507 e. The van der Waals surface area contributed by atoms with Crippen LogP contribution in [0.5, 0.6) is 17.2 Å². The number of amides is 1. The van der Waals surface area contributed by atoms with Gasteiger partial charge in [-0.3, -0.25) is 4.79 Å². The average Bonchev–Trinajstić information content (AvgIpc) is 2.79. The Hall–Kier alpha value is -3.72. The molecule has 0 atom stereocenters. The number of carbonyl (C=O) groups is 1.